The van der Waals surface area contributed by atoms with Crippen molar-refractivity contribution in [2.75, 3.05) is 19.6 Å². The predicted octanol–water partition coefficient (Wildman–Crippen LogP) is 0.474. The first-order valence-electron chi connectivity index (χ1n) is 5.10. The fraction of sp³-hybridized carbons (Fsp3) is 0.636. The average Bonchev–Trinajstić information content (AvgIpc) is 1.98. The summed E-state index contributed by atoms with van der Waals surface area (Å²) >= 11 is 0. The van der Waals surface area contributed by atoms with Gasteiger partial charge in [0.15, 0.2) is 0 Å². The quantitative estimate of drug-likeness (QED) is 0.648. The lowest BCUT2D eigenvalue weighted by atomic mass is 10.1. The van der Waals surface area contributed by atoms with E-state index in [0.29, 0.717) is 6.54 Å². The summed E-state index contributed by atoms with van der Waals surface area (Å²) in [4.78, 5) is 23.6. The number of carbonyl (C=O) groups is 2. The number of hydrogen-bond donors (Lipinski definition) is 2. The van der Waals surface area contributed by atoms with Crippen molar-refractivity contribution >= 4 is 11.9 Å². The van der Waals surface area contributed by atoms with Crippen LogP contribution in [-0.2, 0) is 9.59 Å². The molecule has 0 aliphatic heterocycles. The zero-order chi connectivity index (χ0) is 12.8. The first-order valence-corrected chi connectivity index (χ1v) is 5.10. The molecule has 0 fully saturated rings. The molecule has 0 unspecified atom stereocenters. The number of carboxylic acid groups (broad SMARTS) is 1. The topological polar surface area (TPSA) is 69.6 Å². The Kier molecular flexibility index (Phi) is 5.74. The summed E-state index contributed by atoms with van der Waals surface area (Å²) in [5.41, 5.74) is -0.305. The molecule has 0 saturated heterocycles. The van der Waals surface area contributed by atoms with Crippen LogP contribution in [0.5, 0.6) is 0 Å². The second-order valence-corrected chi connectivity index (χ2v) is 4.65. The van der Waals surface area contributed by atoms with E-state index in [2.05, 4.69) is 11.9 Å². The molecule has 0 spiro atoms. The normalized spacial score (nSPS) is 11.2. The van der Waals surface area contributed by atoms with Gasteiger partial charge in [-0.2, -0.15) is 0 Å². The minimum Gasteiger partial charge on any atom is -0.480 e. The highest BCUT2D eigenvalue weighted by Crippen LogP contribution is 1.98. The molecule has 0 atom stereocenters. The van der Waals surface area contributed by atoms with Crippen LogP contribution in [0.4, 0.5) is 0 Å². The smallest absolute Gasteiger partial charge is 0.317 e. The van der Waals surface area contributed by atoms with Gasteiger partial charge in [0.1, 0.15) is 0 Å². The Morgan fingerprint density at radius 2 is 1.94 bits per heavy atom. The predicted molar refractivity (Wildman–Crippen MR) is 62.2 cm³/mol. The fourth-order valence-electron chi connectivity index (χ4n) is 1.22. The molecule has 0 heterocycles. The van der Waals surface area contributed by atoms with Crippen LogP contribution < -0.4 is 5.32 Å². The Morgan fingerprint density at radius 1 is 1.38 bits per heavy atom. The molecule has 0 aliphatic rings. The maximum atomic E-state index is 11.5. The molecule has 0 aromatic heterocycles. The molecular weight excluding hydrogens is 208 g/mol. The van der Waals surface area contributed by atoms with E-state index in [1.807, 2.05) is 20.8 Å². The first-order chi connectivity index (χ1) is 7.24. The molecule has 0 bridgehead atoms. The lowest BCUT2D eigenvalue weighted by molar-refractivity contribution is -0.138. The number of nitrogens with zero attached hydrogens (tertiary/aromatic N) is 1. The molecule has 5 heteroatoms. The molecule has 0 aliphatic carbocycles. The maximum Gasteiger partial charge on any atom is 0.317 e. The van der Waals surface area contributed by atoms with Crippen molar-refractivity contribution in [2.45, 2.75) is 26.3 Å². The molecule has 5 nitrogen and oxygen atoms in total. The van der Waals surface area contributed by atoms with Gasteiger partial charge in [-0.15, -0.1) is 6.58 Å². The Morgan fingerprint density at radius 3 is 2.31 bits per heavy atom. The molecular formula is C11H20N2O3. The van der Waals surface area contributed by atoms with E-state index in [1.165, 1.54) is 4.90 Å². The third kappa shape index (κ3) is 7.99. The van der Waals surface area contributed by atoms with Crippen molar-refractivity contribution in [3.63, 3.8) is 0 Å². The van der Waals surface area contributed by atoms with Crippen molar-refractivity contribution in [1.29, 1.82) is 0 Å². The first kappa shape index (κ1) is 14.6. The highest BCUT2D eigenvalue weighted by Gasteiger charge is 2.17. The third-order valence-electron chi connectivity index (χ3n) is 1.63. The van der Waals surface area contributed by atoms with E-state index in [0.717, 1.165) is 0 Å². The van der Waals surface area contributed by atoms with Crippen LogP contribution in [0, 0.1) is 0 Å². The molecule has 92 valence electrons. The summed E-state index contributed by atoms with van der Waals surface area (Å²) < 4.78 is 0. The molecule has 1 amide bonds. The number of aliphatic carboxylic acids is 1. The van der Waals surface area contributed by atoms with E-state index in [9.17, 15) is 9.59 Å². The zero-order valence-corrected chi connectivity index (χ0v) is 10.1. The SMILES string of the molecule is C=CCN(CC(=O)O)CC(=O)NC(C)(C)C. The lowest BCUT2D eigenvalue weighted by Crippen LogP contribution is -2.46. The van der Waals surface area contributed by atoms with Gasteiger partial charge in [0, 0.05) is 12.1 Å². The van der Waals surface area contributed by atoms with Gasteiger partial charge in [0.2, 0.25) is 5.91 Å². The summed E-state index contributed by atoms with van der Waals surface area (Å²) in [6.07, 6.45) is 1.58. The van der Waals surface area contributed by atoms with Gasteiger partial charge in [0.05, 0.1) is 13.1 Å². The van der Waals surface area contributed by atoms with Gasteiger partial charge in [-0.25, -0.2) is 0 Å². The number of carboxylic acids is 1. The number of hydrogen-bond acceptors (Lipinski definition) is 3. The van der Waals surface area contributed by atoms with Crippen molar-refractivity contribution in [3.05, 3.63) is 12.7 Å². The second kappa shape index (κ2) is 6.27. The molecule has 0 saturated carbocycles. The van der Waals surface area contributed by atoms with Gasteiger partial charge in [-0.1, -0.05) is 6.08 Å². The molecule has 0 radical (unpaired) electrons. The molecule has 16 heavy (non-hydrogen) atoms. The summed E-state index contributed by atoms with van der Waals surface area (Å²) in [7, 11) is 0. The fourth-order valence-corrected chi connectivity index (χ4v) is 1.22. The van der Waals surface area contributed by atoms with Crippen LogP contribution in [0.3, 0.4) is 0 Å². The molecule has 0 aromatic rings. The maximum absolute atomic E-state index is 11.5. The molecule has 0 rings (SSSR count). The van der Waals surface area contributed by atoms with Crippen molar-refractivity contribution in [1.82, 2.24) is 10.2 Å². The van der Waals surface area contributed by atoms with Gasteiger partial charge in [0.25, 0.3) is 0 Å². The molecule has 0 aromatic carbocycles. The van der Waals surface area contributed by atoms with Gasteiger partial charge >= 0.3 is 5.97 Å². The van der Waals surface area contributed by atoms with E-state index in [-0.39, 0.29) is 24.5 Å². The van der Waals surface area contributed by atoms with E-state index in [4.69, 9.17) is 5.11 Å². The summed E-state index contributed by atoms with van der Waals surface area (Å²) in [5, 5.41) is 11.4. The zero-order valence-electron chi connectivity index (χ0n) is 10.1. The largest absolute Gasteiger partial charge is 0.480 e. The minimum absolute atomic E-state index is 0.0651. The molecule has 2 N–H and O–H groups in total. The third-order valence-corrected chi connectivity index (χ3v) is 1.63. The van der Waals surface area contributed by atoms with Crippen LogP contribution in [0.1, 0.15) is 20.8 Å². The van der Waals surface area contributed by atoms with Crippen LogP contribution >= 0.6 is 0 Å². The van der Waals surface area contributed by atoms with E-state index < -0.39 is 5.97 Å². The standard InChI is InChI=1S/C11H20N2O3/c1-5-6-13(8-10(15)16)7-9(14)12-11(2,3)4/h5H,1,6-8H2,2-4H3,(H,12,14)(H,15,16). The van der Waals surface area contributed by atoms with Gasteiger partial charge < -0.3 is 10.4 Å². The van der Waals surface area contributed by atoms with Crippen LogP contribution in [0.15, 0.2) is 12.7 Å². The highest BCUT2D eigenvalue weighted by atomic mass is 16.4. The minimum atomic E-state index is -0.953. The highest BCUT2D eigenvalue weighted by molar-refractivity contribution is 5.79. The number of amides is 1. The lowest BCUT2D eigenvalue weighted by Gasteiger charge is -2.23. The Labute approximate surface area is 96.1 Å². The monoisotopic (exact) mass is 228 g/mol. The van der Waals surface area contributed by atoms with Crippen molar-refractivity contribution < 1.29 is 14.7 Å². The van der Waals surface area contributed by atoms with E-state index in [1.54, 1.807) is 6.08 Å². The van der Waals surface area contributed by atoms with Crippen molar-refractivity contribution in [3.8, 4) is 0 Å². The Hall–Kier alpha value is -1.36. The second-order valence-electron chi connectivity index (χ2n) is 4.65. The van der Waals surface area contributed by atoms with Gasteiger partial charge in [-0.05, 0) is 20.8 Å². The number of nitrogens with one attached hydrogen (secondary N) is 1. The van der Waals surface area contributed by atoms with Crippen molar-refractivity contribution in [2.24, 2.45) is 0 Å². The van der Waals surface area contributed by atoms with Crippen LogP contribution in [0.25, 0.3) is 0 Å². The van der Waals surface area contributed by atoms with Crippen LogP contribution in [-0.4, -0.2) is 47.1 Å². The Bertz CT molecular complexity index is 269. The summed E-state index contributed by atoms with van der Waals surface area (Å²) in [6, 6.07) is 0. The summed E-state index contributed by atoms with van der Waals surface area (Å²) in [6.45, 7) is 9.43. The number of carbonyl (C=O) groups excluding carboxylic acids is 1. The van der Waals surface area contributed by atoms with Gasteiger partial charge in [-0.3, -0.25) is 14.5 Å². The van der Waals surface area contributed by atoms with E-state index >= 15 is 0 Å². The summed E-state index contributed by atoms with van der Waals surface area (Å²) in [5.74, 6) is -1.14. The average molecular weight is 228 g/mol. The van der Waals surface area contributed by atoms with Crippen LogP contribution in [0.2, 0.25) is 0 Å². The Balaban J connectivity index is 4.22. The number of rotatable bonds is 6.